The second-order valence-electron chi connectivity index (χ2n) is 2.67. The average Bonchev–Trinajstić information content (AvgIpc) is 2.02. The maximum absolute atomic E-state index is 10.8. The summed E-state index contributed by atoms with van der Waals surface area (Å²) < 4.78 is 0. The first-order valence-corrected chi connectivity index (χ1v) is 4.26. The Balaban J connectivity index is 3.67. The van der Waals surface area contributed by atoms with Crippen LogP contribution < -0.4 is 5.32 Å². The van der Waals surface area contributed by atoms with Crippen LogP contribution in [0, 0.1) is 5.92 Å². The van der Waals surface area contributed by atoms with Gasteiger partial charge in [0.05, 0.1) is 5.75 Å². The molecular formula is C7H15NO2S. The molecule has 0 rings (SSSR count). The van der Waals surface area contributed by atoms with Crippen LogP contribution in [0.3, 0.4) is 0 Å². The Hall–Kier alpha value is -0.220. The van der Waals surface area contributed by atoms with Crippen LogP contribution in [0.4, 0.5) is 0 Å². The maximum atomic E-state index is 10.8. The molecule has 0 saturated heterocycles. The fraction of sp³-hybridized carbons (Fsp3) is 0.857. The highest BCUT2D eigenvalue weighted by Crippen LogP contribution is 1.99. The Bertz CT molecular complexity index is 130. The van der Waals surface area contributed by atoms with Gasteiger partial charge in [-0.25, -0.2) is 0 Å². The van der Waals surface area contributed by atoms with E-state index in [-0.39, 0.29) is 30.2 Å². The van der Waals surface area contributed by atoms with Gasteiger partial charge in [0, 0.05) is 12.6 Å². The Labute approximate surface area is 72.6 Å². The molecule has 0 bridgehead atoms. The van der Waals surface area contributed by atoms with Crippen LogP contribution >= 0.6 is 12.6 Å². The average molecular weight is 177 g/mol. The van der Waals surface area contributed by atoms with E-state index in [1.54, 1.807) is 0 Å². The van der Waals surface area contributed by atoms with E-state index in [2.05, 4.69) is 17.9 Å². The van der Waals surface area contributed by atoms with E-state index in [0.717, 1.165) is 0 Å². The summed E-state index contributed by atoms with van der Waals surface area (Å²) in [5.74, 6) is 0.197. The number of rotatable bonds is 4. The van der Waals surface area contributed by atoms with Crippen LogP contribution in [0.5, 0.6) is 0 Å². The lowest BCUT2D eigenvalue weighted by atomic mass is 10.1. The Kier molecular flexibility index (Phi) is 5.32. The highest BCUT2D eigenvalue weighted by atomic mass is 32.1. The molecule has 3 nitrogen and oxygen atoms in total. The zero-order valence-electron chi connectivity index (χ0n) is 6.87. The van der Waals surface area contributed by atoms with E-state index in [0.29, 0.717) is 0 Å². The molecule has 0 fully saturated rings. The van der Waals surface area contributed by atoms with E-state index in [9.17, 15) is 4.79 Å². The predicted octanol–water partition coefficient (Wildman–Crippen LogP) is 0.0493. The fourth-order valence-corrected chi connectivity index (χ4v) is 0.691. The molecule has 1 amide bonds. The normalized spacial score (nSPS) is 15.6. The molecule has 2 atom stereocenters. The molecule has 0 aromatic carbocycles. The molecule has 0 aromatic rings. The van der Waals surface area contributed by atoms with Crippen LogP contribution in [-0.2, 0) is 4.79 Å². The lowest BCUT2D eigenvalue weighted by Gasteiger charge is -2.18. The third-order valence-corrected chi connectivity index (χ3v) is 1.96. The molecule has 66 valence electrons. The van der Waals surface area contributed by atoms with Crippen molar-refractivity contribution in [1.82, 2.24) is 5.32 Å². The van der Waals surface area contributed by atoms with E-state index in [1.165, 1.54) is 0 Å². The number of hydrogen-bond donors (Lipinski definition) is 3. The molecule has 0 aliphatic heterocycles. The number of aliphatic hydroxyl groups excluding tert-OH is 1. The number of amides is 1. The van der Waals surface area contributed by atoms with Gasteiger partial charge in [-0.2, -0.15) is 12.6 Å². The summed E-state index contributed by atoms with van der Waals surface area (Å²) in [6.45, 7) is 3.83. The predicted molar refractivity (Wildman–Crippen MR) is 47.7 cm³/mol. The van der Waals surface area contributed by atoms with Crippen molar-refractivity contribution in [3.63, 3.8) is 0 Å². The molecule has 0 aromatic heterocycles. The second kappa shape index (κ2) is 5.43. The van der Waals surface area contributed by atoms with Crippen molar-refractivity contribution in [2.75, 3.05) is 12.4 Å². The molecule has 0 radical (unpaired) electrons. The summed E-state index contributed by atoms with van der Waals surface area (Å²) in [5.41, 5.74) is 0. The van der Waals surface area contributed by atoms with Gasteiger partial charge in [0.15, 0.2) is 0 Å². The SMILES string of the molecule is CC(CO)C(C)NC(=O)CS. The lowest BCUT2D eigenvalue weighted by Crippen LogP contribution is -2.38. The number of aliphatic hydroxyl groups is 1. The Morgan fingerprint density at radius 2 is 2.18 bits per heavy atom. The minimum absolute atomic E-state index is 0.0136. The smallest absolute Gasteiger partial charge is 0.229 e. The molecule has 0 heterocycles. The van der Waals surface area contributed by atoms with E-state index in [4.69, 9.17) is 5.11 Å². The van der Waals surface area contributed by atoms with Crippen molar-refractivity contribution in [2.45, 2.75) is 19.9 Å². The zero-order valence-corrected chi connectivity index (χ0v) is 7.77. The standard InChI is InChI=1S/C7H15NO2S/c1-5(3-9)6(2)8-7(10)4-11/h5-6,9,11H,3-4H2,1-2H3,(H,8,10). The van der Waals surface area contributed by atoms with Gasteiger partial charge in [-0.15, -0.1) is 0 Å². The number of carbonyl (C=O) groups is 1. The van der Waals surface area contributed by atoms with E-state index < -0.39 is 0 Å². The van der Waals surface area contributed by atoms with Gasteiger partial charge >= 0.3 is 0 Å². The summed E-state index contributed by atoms with van der Waals surface area (Å²) in [6.07, 6.45) is 0. The molecule has 4 heteroatoms. The summed E-state index contributed by atoms with van der Waals surface area (Å²) in [7, 11) is 0. The van der Waals surface area contributed by atoms with E-state index in [1.807, 2.05) is 13.8 Å². The minimum Gasteiger partial charge on any atom is -0.396 e. The van der Waals surface area contributed by atoms with Crippen LogP contribution in [0.2, 0.25) is 0 Å². The van der Waals surface area contributed by atoms with Crippen molar-refractivity contribution in [2.24, 2.45) is 5.92 Å². The van der Waals surface area contributed by atoms with Crippen LogP contribution in [-0.4, -0.2) is 29.4 Å². The summed E-state index contributed by atoms with van der Waals surface area (Å²) in [4.78, 5) is 10.8. The van der Waals surface area contributed by atoms with Crippen molar-refractivity contribution < 1.29 is 9.90 Å². The van der Waals surface area contributed by atoms with Crippen molar-refractivity contribution >= 4 is 18.5 Å². The first kappa shape index (κ1) is 10.8. The fourth-order valence-electron chi connectivity index (χ4n) is 0.600. The van der Waals surface area contributed by atoms with Crippen molar-refractivity contribution in [3.8, 4) is 0 Å². The third kappa shape index (κ3) is 4.27. The maximum Gasteiger partial charge on any atom is 0.229 e. The Morgan fingerprint density at radius 1 is 1.64 bits per heavy atom. The molecular weight excluding hydrogens is 162 g/mol. The molecule has 0 aliphatic carbocycles. The number of carbonyl (C=O) groups excluding carboxylic acids is 1. The zero-order chi connectivity index (χ0) is 8.85. The minimum atomic E-state index is -0.0962. The van der Waals surface area contributed by atoms with Crippen molar-refractivity contribution in [3.05, 3.63) is 0 Å². The van der Waals surface area contributed by atoms with Crippen molar-refractivity contribution in [1.29, 1.82) is 0 Å². The van der Waals surface area contributed by atoms with Gasteiger partial charge in [0.1, 0.15) is 0 Å². The molecule has 0 aliphatic rings. The van der Waals surface area contributed by atoms with Gasteiger partial charge in [0.25, 0.3) is 0 Å². The van der Waals surface area contributed by atoms with Crippen LogP contribution in [0.25, 0.3) is 0 Å². The van der Waals surface area contributed by atoms with E-state index >= 15 is 0 Å². The number of hydrogen-bond acceptors (Lipinski definition) is 3. The molecule has 11 heavy (non-hydrogen) atoms. The van der Waals surface area contributed by atoms with Gasteiger partial charge in [-0.3, -0.25) is 4.79 Å². The first-order valence-electron chi connectivity index (χ1n) is 3.63. The third-order valence-electron chi connectivity index (χ3n) is 1.67. The van der Waals surface area contributed by atoms with Gasteiger partial charge in [-0.05, 0) is 12.8 Å². The van der Waals surface area contributed by atoms with Gasteiger partial charge < -0.3 is 10.4 Å². The lowest BCUT2D eigenvalue weighted by molar-refractivity contribution is -0.119. The quantitative estimate of drug-likeness (QED) is 0.531. The molecule has 0 spiro atoms. The van der Waals surface area contributed by atoms with Crippen LogP contribution in [0.1, 0.15) is 13.8 Å². The summed E-state index contributed by atoms with van der Waals surface area (Å²) in [5, 5.41) is 11.4. The topological polar surface area (TPSA) is 49.3 Å². The number of nitrogens with one attached hydrogen (secondary N) is 1. The van der Waals surface area contributed by atoms with Crippen LogP contribution in [0.15, 0.2) is 0 Å². The second-order valence-corrected chi connectivity index (χ2v) is 2.99. The first-order chi connectivity index (χ1) is 5.11. The Morgan fingerprint density at radius 3 is 2.55 bits per heavy atom. The highest BCUT2D eigenvalue weighted by molar-refractivity contribution is 7.81. The molecule has 2 unspecified atom stereocenters. The largest absolute Gasteiger partial charge is 0.396 e. The number of thiol groups is 1. The summed E-state index contributed by atoms with van der Waals surface area (Å²) in [6, 6.07) is 0.0136. The van der Waals surface area contributed by atoms with Gasteiger partial charge in [-0.1, -0.05) is 6.92 Å². The monoisotopic (exact) mass is 177 g/mol. The highest BCUT2D eigenvalue weighted by Gasteiger charge is 2.12. The molecule has 0 saturated carbocycles. The van der Waals surface area contributed by atoms with Gasteiger partial charge in [0.2, 0.25) is 5.91 Å². The summed E-state index contributed by atoms with van der Waals surface area (Å²) >= 11 is 3.81. The molecule has 2 N–H and O–H groups in total.